The maximum absolute atomic E-state index is 12.0. The van der Waals surface area contributed by atoms with Crippen LogP contribution in [0.25, 0.3) is 11.3 Å². The minimum Gasteiger partial charge on any atom is -0.481 e. The van der Waals surface area contributed by atoms with Crippen molar-refractivity contribution in [2.75, 3.05) is 6.54 Å². The summed E-state index contributed by atoms with van der Waals surface area (Å²) < 4.78 is 0. The molecule has 2 aromatic rings. The molecular formula is C15H16N2O3S. The Bertz CT molecular complexity index is 652. The van der Waals surface area contributed by atoms with Crippen LogP contribution in [0.1, 0.15) is 28.2 Å². The molecule has 0 unspecified atom stereocenters. The van der Waals surface area contributed by atoms with Crippen molar-refractivity contribution in [1.82, 2.24) is 10.3 Å². The second-order valence-corrected chi connectivity index (χ2v) is 5.65. The standard InChI is InChI=1S/C15H16N2O3S/c1-10-17-13(9-21-10)11-4-2-5-12(8-11)15(20)16-7-3-6-14(18)19/h2,4-5,8-9H,3,6-7H2,1H3,(H,16,20)(H,18,19). The number of aliphatic carboxylic acids is 1. The van der Waals surface area contributed by atoms with E-state index in [-0.39, 0.29) is 12.3 Å². The monoisotopic (exact) mass is 304 g/mol. The van der Waals surface area contributed by atoms with E-state index in [2.05, 4.69) is 10.3 Å². The minimum atomic E-state index is -0.856. The Morgan fingerprint density at radius 2 is 2.19 bits per heavy atom. The Balaban J connectivity index is 2.00. The largest absolute Gasteiger partial charge is 0.481 e. The lowest BCUT2D eigenvalue weighted by molar-refractivity contribution is -0.137. The summed E-state index contributed by atoms with van der Waals surface area (Å²) in [6, 6.07) is 7.25. The highest BCUT2D eigenvalue weighted by atomic mass is 32.1. The Morgan fingerprint density at radius 1 is 1.38 bits per heavy atom. The SMILES string of the molecule is Cc1nc(-c2cccc(C(=O)NCCCC(=O)O)c2)cs1. The van der Waals surface area contributed by atoms with Gasteiger partial charge in [0.15, 0.2) is 0 Å². The summed E-state index contributed by atoms with van der Waals surface area (Å²) >= 11 is 1.57. The predicted molar refractivity (Wildman–Crippen MR) is 81.5 cm³/mol. The molecule has 0 aliphatic heterocycles. The van der Waals surface area contributed by atoms with Gasteiger partial charge in [0.05, 0.1) is 10.7 Å². The van der Waals surface area contributed by atoms with Crippen molar-refractivity contribution in [3.05, 3.63) is 40.2 Å². The first kappa shape index (κ1) is 15.2. The summed E-state index contributed by atoms with van der Waals surface area (Å²) in [5, 5.41) is 14.2. The maximum Gasteiger partial charge on any atom is 0.303 e. The maximum atomic E-state index is 12.0. The van der Waals surface area contributed by atoms with E-state index in [1.807, 2.05) is 24.4 Å². The van der Waals surface area contributed by atoms with E-state index < -0.39 is 5.97 Å². The third kappa shape index (κ3) is 4.39. The second-order valence-electron chi connectivity index (χ2n) is 4.59. The fourth-order valence-corrected chi connectivity index (χ4v) is 2.48. The zero-order valence-electron chi connectivity index (χ0n) is 11.6. The number of aromatic nitrogens is 1. The van der Waals surface area contributed by atoms with Crippen LogP contribution in [0.15, 0.2) is 29.6 Å². The number of benzene rings is 1. The van der Waals surface area contributed by atoms with E-state index in [4.69, 9.17) is 5.11 Å². The quantitative estimate of drug-likeness (QED) is 0.804. The lowest BCUT2D eigenvalue weighted by atomic mass is 10.1. The Kier molecular flexibility index (Phi) is 5.05. The second kappa shape index (κ2) is 6.99. The van der Waals surface area contributed by atoms with Gasteiger partial charge < -0.3 is 10.4 Å². The van der Waals surface area contributed by atoms with Crippen molar-refractivity contribution >= 4 is 23.2 Å². The van der Waals surface area contributed by atoms with Crippen LogP contribution in [0.3, 0.4) is 0 Å². The number of carbonyl (C=O) groups is 2. The molecule has 1 heterocycles. The third-order valence-electron chi connectivity index (χ3n) is 2.89. The molecule has 21 heavy (non-hydrogen) atoms. The number of carbonyl (C=O) groups excluding carboxylic acids is 1. The first-order valence-electron chi connectivity index (χ1n) is 6.59. The summed E-state index contributed by atoms with van der Waals surface area (Å²) in [6.45, 7) is 2.29. The molecule has 2 rings (SSSR count). The van der Waals surface area contributed by atoms with Gasteiger partial charge >= 0.3 is 5.97 Å². The summed E-state index contributed by atoms with van der Waals surface area (Å²) in [5.41, 5.74) is 2.31. The fraction of sp³-hybridized carbons (Fsp3) is 0.267. The zero-order valence-corrected chi connectivity index (χ0v) is 12.4. The number of carboxylic acid groups (broad SMARTS) is 1. The molecule has 0 bridgehead atoms. The van der Waals surface area contributed by atoms with Crippen molar-refractivity contribution in [1.29, 1.82) is 0 Å². The van der Waals surface area contributed by atoms with Crippen LogP contribution in [-0.2, 0) is 4.79 Å². The van der Waals surface area contributed by atoms with Gasteiger partial charge in [0.25, 0.3) is 5.91 Å². The normalized spacial score (nSPS) is 10.3. The molecule has 0 fully saturated rings. The van der Waals surface area contributed by atoms with E-state index in [1.165, 1.54) is 0 Å². The zero-order chi connectivity index (χ0) is 15.2. The molecule has 6 heteroatoms. The van der Waals surface area contributed by atoms with Gasteiger partial charge in [0, 0.05) is 29.5 Å². The molecule has 110 valence electrons. The summed E-state index contributed by atoms with van der Waals surface area (Å²) in [6.07, 6.45) is 0.477. The number of amides is 1. The first-order valence-corrected chi connectivity index (χ1v) is 7.47. The van der Waals surface area contributed by atoms with Crippen LogP contribution in [0.4, 0.5) is 0 Å². The highest BCUT2D eigenvalue weighted by Gasteiger charge is 2.08. The Labute approximate surface area is 126 Å². The van der Waals surface area contributed by atoms with Crippen molar-refractivity contribution in [2.45, 2.75) is 19.8 Å². The van der Waals surface area contributed by atoms with Crippen molar-refractivity contribution < 1.29 is 14.7 Å². The molecule has 2 N–H and O–H groups in total. The lowest BCUT2D eigenvalue weighted by Crippen LogP contribution is -2.24. The number of rotatable bonds is 6. The van der Waals surface area contributed by atoms with E-state index in [9.17, 15) is 9.59 Å². The van der Waals surface area contributed by atoms with Gasteiger partial charge in [0.1, 0.15) is 0 Å². The summed E-state index contributed by atoms with van der Waals surface area (Å²) in [7, 11) is 0. The van der Waals surface area contributed by atoms with E-state index in [1.54, 1.807) is 23.5 Å². The van der Waals surface area contributed by atoms with Crippen molar-refractivity contribution in [2.24, 2.45) is 0 Å². The predicted octanol–water partition coefficient (Wildman–Crippen LogP) is 2.71. The van der Waals surface area contributed by atoms with Crippen molar-refractivity contribution in [3.8, 4) is 11.3 Å². The number of hydrogen-bond donors (Lipinski definition) is 2. The Morgan fingerprint density at radius 3 is 2.86 bits per heavy atom. The minimum absolute atomic E-state index is 0.0540. The summed E-state index contributed by atoms with van der Waals surface area (Å²) in [4.78, 5) is 26.8. The van der Waals surface area contributed by atoms with Gasteiger partial charge in [-0.05, 0) is 25.5 Å². The molecule has 1 amide bonds. The Hall–Kier alpha value is -2.21. The summed E-state index contributed by atoms with van der Waals surface area (Å²) in [5.74, 6) is -1.06. The van der Waals surface area contributed by atoms with Crippen LogP contribution < -0.4 is 5.32 Å². The molecular weight excluding hydrogens is 288 g/mol. The van der Waals surface area contributed by atoms with Gasteiger partial charge in [-0.25, -0.2) is 4.98 Å². The topological polar surface area (TPSA) is 79.3 Å². The van der Waals surface area contributed by atoms with E-state index in [0.717, 1.165) is 16.3 Å². The molecule has 0 aliphatic carbocycles. The number of aryl methyl sites for hydroxylation is 1. The average Bonchev–Trinajstić information content (AvgIpc) is 2.90. The number of hydrogen-bond acceptors (Lipinski definition) is 4. The van der Waals surface area contributed by atoms with Crippen LogP contribution >= 0.6 is 11.3 Å². The lowest BCUT2D eigenvalue weighted by Gasteiger charge is -2.05. The molecule has 0 spiro atoms. The van der Waals surface area contributed by atoms with Crippen molar-refractivity contribution in [3.63, 3.8) is 0 Å². The molecule has 0 radical (unpaired) electrons. The highest BCUT2D eigenvalue weighted by molar-refractivity contribution is 7.09. The van der Waals surface area contributed by atoms with Crippen LogP contribution in [-0.4, -0.2) is 28.5 Å². The van der Waals surface area contributed by atoms with Crippen LogP contribution in [0, 0.1) is 6.92 Å². The molecule has 0 saturated carbocycles. The van der Waals surface area contributed by atoms with Gasteiger partial charge in [0.2, 0.25) is 0 Å². The smallest absolute Gasteiger partial charge is 0.303 e. The van der Waals surface area contributed by atoms with Gasteiger partial charge in [-0.3, -0.25) is 9.59 Å². The number of nitrogens with one attached hydrogen (secondary N) is 1. The molecule has 1 aromatic carbocycles. The number of nitrogens with zero attached hydrogens (tertiary/aromatic N) is 1. The van der Waals surface area contributed by atoms with Gasteiger partial charge in [-0.1, -0.05) is 12.1 Å². The third-order valence-corrected chi connectivity index (χ3v) is 3.67. The molecule has 1 aromatic heterocycles. The average molecular weight is 304 g/mol. The number of thiazole rings is 1. The van der Waals surface area contributed by atoms with Gasteiger partial charge in [-0.15, -0.1) is 11.3 Å². The first-order chi connectivity index (χ1) is 10.1. The van der Waals surface area contributed by atoms with Gasteiger partial charge in [-0.2, -0.15) is 0 Å². The molecule has 0 atom stereocenters. The molecule has 0 saturated heterocycles. The van der Waals surface area contributed by atoms with Crippen LogP contribution in [0.5, 0.6) is 0 Å². The van der Waals surface area contributed by atoms with Crippen LogP contribution in [0.2, 0.25) is 0 Å². The highest BCUT2D eigenvalue weighted by Crippen LogP contribution is 2.22. The van der Waals surface area contributed by atoms with E-state index >= 15 is 0 Å². The fourth-order valence-electron chi connectivity index (χ4n) is 1.86. The molecule has 5 nitrogen and oxygen atoms in total. The number of carboxylic acids is 1. The van der Waals surface area contributed by atoms with E-state index in [0.29, 0.717) is 18.5 Å². The molecule has 0 aliphatic rings.